The molecule has 0 bridgehead atoms. The average Bonchev–Trinajstić information content (AvgIpc) is 3.14. The zero-order chi connectivity index (χ0) is 19.4. The number of anilines is 1. The Morgan fingerprint density at radius 1 is 1.07 bits per heavy atom. The van der Waals surface area contributed by atoms with Crippen LogP contribution in [0.25, 0.3) is 10.6 Å². The first kappa shape index (κ1) is 19.1. The number of para-hydroxylation sites is 1. The quantitative estimate of drug-likeness (QED) is 0.665. The number of halogens is 1. The summed E-state index contributed by atoms with van der Waals surface area (Å²) in [5.41, 5.74) is 3.89. The van der Waals surface area contributed by atoms with Gasteiger partial charge >= 0.3 is 0 Å². The summed E-state index contributed by atoms with van der Waals surface area (Å²) >= 11 is 7.25. The molecule has 0 spiro atoms. The normalized spacial score (nSPS) is 10.5. The van der Waals surface area contributed by atoms with Gasteiger partial charge in [-0.3, -0.25) is 9.59 Å². The Labute approximate surface area is 166 Å². The van der Waals surface area contributed by atoms with Crippen molar-refractivity contribution in [3.05, 3.63) is 69.7 Å². The molecule has 2 aromatic carbocycles. The van der Waals surface area contributed by atoms with E-state index in [-0.39, 0.29) is 24.1 Å². The second kappa shape index (κ2) is 8.33. The number of carbonyl (C=O) groups excluding carboxylic acids is 2. The molecule has 7 heteroatoms. The number of benzene rings is 2. The smallest absolute Gasteiger partial charge is 0.271 e. The van der Waals surface area contributed by atoms with E-state index in [1.54, 1.807) is 17.5 Å². The molecule has 0 aliphatic rings. The predicted octanol–water partition coefficient (Wildman–Crippen LogP) is 4.45. The van der Waals surface area contributed by atoms with E-state index in [1.165, 1.54) is 11.3 Å². The molecule has 0 saturated heterocycles. The Morgan fingerprint density at radius 3 is 2.41 bits per heavy atom. The lowest BCUT2D eigenvalue weighted by atomic mass is 10.1. The molecule has 1 aromatic heterocycles. The van der Waals surface area contributed by atoms with Crippen molar-refractivity contribution in [1.82, 2.24) is 10.3 Å². The third kappa shape index (κ3) is 4.72. The summed E-state index contributed by atoms with van der Waals surface area (Å²) in [4.78, 5) is 28.8. The summed E-state index contributed by atoms with van der Waals surface area (Å²) in [7, 11) is 0. The van der Waals surface area contributed by atoms with E-state index in [9.17, 15) is 9.59 Å². The number of nitrogens with zero attached hydrogens (tertiary/aromatic N) is 1. The van der Waals surface area contributed by atoms with Crippen LogP contribution in [0, 0.1) is 13.8 Å². The van der Waals surface area contributed by atoms with Gasteiger partial charge in [-0.15, -0.1) is 11.3 Å². The molecule has 3 rings (SSSR count). The highest BCUT2D eigenvalue weighted by Gasteiger charge is 2.14. The van der Waals surface area contributed by atoms with Gasteiger partial charge in [0.2, 0.25) is 5.91 Å². The highest BCUT2D eigenvalue weighted by atomic mass is 35.5. The summed E-state index contributed by atoms with van der Waals surface area (Å²) < 4.78 is 0. The first-order chi connectivity index (χ1) is 12.9. The molecule has 0 unspecified atom stereocenters. The number of thiazole rings is 1. The molecule has 0 atom stereocenters. The highest BCUT2D eigenvalue weighted by Crippen LogP contribution is 2.25. The molecule has 0 aliphatic carbocycles. The van der Waals surface area contributed by atoms with Crippen LogP contribution in [0.15, 0.2) is 47.8 Å². The van der Waals surface area contributed by atoms with Gasteiger partial charge in [0.25, 0.3) is 5.91 Å². The van der Waals surface area contributed by atoms with Gasteiger partial charge < -0.3 is 10.6 Å². The lowest BCUT2D eigenvalue weighted by molar-refractivity contribution is -0.115. The topological polar surface area (TPSA) is 71.1 Å². The molecule has 138 valence electrons. The van der Waals surface area contributed by atoms with Crippen LogP contribution in [-0.4, -0.2) is 23.3 Å². The largest absolute Gasteiger partial charge is 0.342 e. The maximum absolute atomic E-state index is 12.3. The second-order valence-corrected chi connectivity index (χ2v) is 7.34. The van der Waals surface area contributed by atoms with Crippen LogP contribution in [0.3, 0.4) is 0 Å². The van der Waals surface area contributed by atoms with E-state index in [2.05, 4.69) is 15.6 Å². The third-order valence-electron chi connectivity index (χ3n) is 3.98. The van der Waals surface area contributed by atoms with Crippen molar-refractivity contribution in [1.29, 1.82) is 0 Å². The van der Waals surface area contributed by atoms with E-state index < -0.39 is 0 Å². The number of aryl methyl sites for hydroxylation is 2. The molecule has 27 heavy (non-hydrogen) atoms. The molecule has 5 nitrogen and oxygen atoms in total. The maximum Gasteiger partial charge on any atom is 0.271 e. The summed E-state index contributed by atoms with van der Waals surface area (Å²) in [6.07, 6.45) is 0. The van der Waals surface area contributed by atoms with Crippen molar-refractivity contribution >= 4 is 40.4 Å². The molecular formula is C20H18ClN3O2S. The lowest BCUT2D eigenvalue weighted by Crippen LogP contribution is -2.33. The number of rotatable bonds is 5. The van der Waals surface area contributed by atoms with Crippen molar-refractivity contribution in [3.63, 3.8) is 0 Å². The fraction of sp³-hybridized carbons (Fsp3) is 0.150. The van der Waals surface area contributed by atoms with Crippen LogP contribution < -0.4 is 10.6 Å². The summed E-state index contributed by atoms with van der Waals surface area (Å²) in [5.74, 6) is -0.669. The minimum atomic E-state index is -0.386. The fourth-order valence-electron chi connectivity index (χ4n) is 2.55. The number of hydrogen-bond donors (Lipinski definition) is 2. The van der Waals surface area contributed by atoms with Gasteiger partial charge in [0.1, 0.15) is 10.7 Å². The van der Waals surface area contributed by atoms with Crippen molar-refractivity contribution in [2.45, 2.75) is 13.8 Å². The first-order valence-electron chi connectivity index (χ1n) is 8.30. The summed E-state index contributed by atoms with van der Waals surface area (Å²) in [6, 6.07) is 13.0. The maximum atomic E-state index is 12.3. The standard InChI is InChI=1S/C20H18ClN3O2S/c1-12-4-3-5-13(2)18(12)24-17(25)10-22-19(26)16-11-27-20(23-16)14-6-8-15(21)9-7-14/h3-9,11H,10H2,1-2H3,(H,22,26)(H,24,25). The number of carbonyl (C=O) groups is 2. The number of amides is 2. The van der Waals surface area contributed by atoms with E-state index in [4.69, 9.17) is 11.6 Å². The summed E-state index contributed by atoms with van der Waals surface area (Å²) in [5, 5.41) is 8.47. The molecular weight excluding hydrogens is 382 g/mol. The molecule has 0 saturated carbocycles. The van der Waals surface area contributed by atoms with E-state index in [0.29, 0.717) is 5.02 Å². The first-order valence-corrected chi connectivity index (χ1v) is 9.55. The lowest BCUT2D eigenvalue weighted by Gasteiger charge is -2.11. The van der Waals surface area contributed by atoms with Crippen molar-refractivity contribution in [3.8, 4) is 10.6 Å². The Kier molecular flexibility index (Phi) is 5.88. The van der Waals surface area contributed by atoms with Crippen LogP contribution in [-0.2, 0) is 4.79 Å². The van der Waals surface area contributed by atoms with Crippen LogP contribution in [0.2, 0.25) is 5.02 Å². The number of nitrogens with one attached hydrogen (secondary N) is 2. The number of hydrogen-bond acceptors (Lipinski definition) is 4. The summed E-state index contributed by atoms with van der Waals surface area (Å²) in [6.45, 7) is 3.73. The van der Waals surface area contributed by atoms with Gasteiger partial charge in [0.15, 0.2) is 0 Å². The molecule has 0 aliphatic heterocycles. The second-order valence-electron chi connectivity index (χ2n) is 6.04. The molecule has 0 fully saturated rings. The fourth-order valence-corrected chi connectivity index (χ4v) is 3.48. The van der Waals surface area contributed by atoms with Crippen LogP contribution in [0.4, 0.5) is 5.69 Å². The minimum Gasteiger partial charge on any atom is -0.342 e. The van der Waals surface area contributed by atoms with Gasteiger partial charge in [-0.1, -0.05) is 41.9 Å². The zero-order valence-electron chi connectivity index (χ0n) is 14.9. The molecule has 2 N–H and O–H groups in total. The van der Waals surface area contributed by atoms with Gasteiger partial charge in [-0.05, 0) is 37.1 Å². The van der Waals surface area contributed by atoms with Gasteiger partial charge in [0, 0.05) is 21.7 Å². The van der Waals surface area contributed by atoms with Gasteiger partial charge in [0.05, 0.1) is 6.54 Å². The molecule has 2 amide bonds. The Morgan fingerprint density at radius 2 is 1.74 bits per heavy atom. The molecule has 0 radical (unpaired) electrons. The van der Waals surface area contributed by atoms with Crippen molar-refractivity contribution in [2.24, 2.45) is 0 Å². The SMILES string of the molecule is Cc1cccc(C)c1NC(=O)CNC(=O)c1csc(-c2ccc(Cl)cc2)n1. The molecule has 3 aromatic rings. The molecule has 1 heterocycles. The monoisotopic (exact) mass is 399 g/mol. The highest BCUT2D eigenvalue weighted by molar-refractivity contribution is 7.13. The van der Waals surface area contributed by atoms with Gasteiger partial charge in [-0.25, -0.2) is 4.98 Å². The van der Waals surface area contributed by atoms with E-state index in [0.717, 1.165) is 27.4 Å². The number of aromatic nitrogens is 1. The Balaban J connectivity index is 1.59. The van der Waals surface area contributed by atoms with Crippen molar-refractivity contribution in [2.75, 3.05) is 11.9 Å². The van der Waals surface area contributed by atoms with Gasteiger partial charge in [-0.2, -0.15) is 0 Å². The Hall–Kier alpha value is -2.70. The van der Waals surface area contributed by atoms with Crippen LogP contribution >= 0.6 is 22.9 Å². The third-order valence-corrected chi connectivity index (χ3v) is 5.13. The average molecular weight is 400 g/mol. The minimum absolute atomic E-state index is 0.125. The van der Waals surface area contributed by atoms with Crippen LogP contribution in [0.5, 0.6) is 0 Å². The predicted molar refractivity (Wildman–Crippen MR) is 109 cm³/mol. The van der Waals surface area contributed by atoms with Crippen LogP contribution in [0.1, 0.15) is 21.6 Å². The van der Waals surface area contributed by atoms with E-state index >= 15 is 0 Å². The van der Waals surface area contributed by atoms with Crippen molar-refractivity contribution < 1.29 is 9.59 Å². The Bertz CT molecular complexity index is 963. The van der Waals surface area contributed by atoms with E-state index in [1.807, 2.05) is 44.2 Å². The zero-order valence-corrected chi connectivity index (χ0v) is 16.4.